The molecule has 0 unspecified atom stereocenters. The Bertz CT molecular complexity index is 748. The average Bonchev–Trinajstić information content (AvgIpc) is 2.54. The molecule has 1 amide bonds. The van der Waals surface area contributed by atoms with Crippen molar-refractivity contribution in [3.63, 3.8) is 0 Å². The van der Waals surface area contributed by atoms with Crippen LogP contribution >= 0.6 is 0 Å². The smallest absolute Gasteiger partial charge is 0.269 e. The number of hydrogen-bond donors (Lipinski definition) is 1. The highest BCUT2D eigenvalue weighted by Gasteiger charge is 2.16. The maximum absolute atomic E-state index is 12.2. The van der Waals surface area contributed by atoms with Gasteiger partial charge in [0.1, 0.15) is 0 Å². The highest BCUT2D eigenvalue weighted by molar-refractivity contribution is 5.95. The van der Waals surface area contributed by atoms with Crippen LogP contribution in [0.1, 0.15) is 24.0 Å². The third-order valence-electron chi connectivity index (χ3n) is 3.26. The minimum Gasteiger partial charge on any atom is -0.326 e. The summed E-state index contributed by atoms with van der Waals surface area (Å²) < 4.78 is 0. The maximum Gasteiger partial charge on any atom is 0.269 e. The topological polar surface area (TPSA) is 96.0 Å². The van der Waals surface area contributed by atoms with Crippen LogP contribution in [0.2, 0.25) is 0 Å². The summed E-state index contributed by atoms with van der Waals surface area (Å²) in [6.07, 6.45) is 0. The normalized spacial score (nSPS) is 11.3. The molecule has 22 heavy (non-hydrogen) atoms. The van der Waals surface area contributed by atoms with Gasteiger partial charge in [-0.15, -0.1) is 0 Å². The lowest BCUT2D eigenvalue weighted by atomic mass is 10.00. The van der Waals surface area contributed by atoms with E-state index in [1.165, 1.54) is 12.1 Å². The lowest BCUT2D eigenvalue weighted by Gasteiger charge is -2.12. The summed E-state index contributed by atoms with van der Waals surface area (Å²) in [5.74, 6) is -0.713. The number of anilines is 1. The van der Waals surface area contributed by atoms with Crippen LogP contribution in [0.4, 0.5) is 11.4 Å². The van der Waals surface area contributed by atoms with Crippen LogP contribution in [0.3, 0.4) is 0 Å². The second kappa shape index (κ2) is 6.50. The van der Waals surface area contributed by atoms with Crippen LogP contribution in [0.15, 0.2) is 48.5 Å². The molecule has 0 fully saturated rings. The van der Waals surface area contributed by atoms with E-state index in [0.717, 1.165) is 0 Å². The van der Waals surface area contributed by atoms with Gasteiger partial charge in [-0.3, -0.25) is 14.9 Å². The number of rotatable bonds is 4. The molecule has 0 spiro atoms. The maximum atomic E-state index is 12.2. The summed E-state index contributed by atoms with van der Waals surface area (Å²) >= 11 is 0. The fourth-order valence-corrected chi connectivity index (χ4v) is 1.95. The molecular weight excluding hydrogens is 282 g/mol. The van der Waals surface area contributed by atoms with E-state index in [0.29, 0.717) is 16.8 Å². The van der Waals surface area contributed by atoms with Gasteiger partial charge in [0.25, 0.3) is 5.69 Å². The van der Waals surface area contributed by atoms with E-state index < -0.39 is 10.8 Å². The van der Waals surface area contributed by atoms with Gasteiger partial charge in [0, 0.05) is 17.8 Å². The van der Waals surface area contributed by atoms with Gasteiger partial charge in [-0.25, -0.2) is 0 Å². The van der Waals surface area contributed by atoms with Gasteiger partial charge in [-0.1, -0.05) is 18.2 Å². The Labute approximate surface area is 127 Å². The third-order valence-corrected chi connectivity index (χ3v) is 3.26. The fourth-order valence-electron chi connectivity index (χ4n) is 1.95. The van der Waals surface area contributed by atoms with Crippen molar-refractivity contribution in [3.8, 4) is 6.07 Å². The van der Waals surface area contributed by atoms with Gasteiger partial charge < -0.3 is 5.32 Å². The molecule has 0 saturated carbocycles. The molecule has 6 heteroatoms. The molecule has 0 aliphatic heterocycles. The Kier molecular flexibility index (Phi) is 4.49. The number of nitrogens with zero attached hydrogens (tertiary/aromatic N) is 2. The lowest BCUT2D eigenvalue weighted by Crippen LogP contribution is -2.18. The van der Waals surface area contributed by atoms with E-state index >= 15 is 0 Å². The molecule has 0 aliphatic carbocycles. The predicted octanol–water partition coefficient (Wildman–Crippen LogP) is 3.21. The minimum absolute atomic E-state index is 0.0157. The highest BCUT2D eigenvalue weighted by Crippen LogP contribution is 2.21. The van der Waals surface area contributed by atoms with Crippen molar-refractivity contribution in [3.05, 3.63) is 69.8 Å². The van der Waals surface area contributed by atoms with Gasteiger partial charge in [-0.2, -0.15) is 5.26 Å². The SMILES string of the molecule is C[C@@H](C(=O)Nc1cccc(C#N)c1)c1ccc([N+](=O)[O-])cc1. The van der Waals surface area contributed by atoms with Crippen LogP contribution in [-0.4, -0.2) is 10.8 Å². The van der Waals surface area contributed by atoms with E-state index in [4.69, 9.17) is 5.26 Å². The molecule has 2 aromatic carbocycles. The summed E-state index contributed by atoms with van der Waals surface area (Å²) in [7, 11) is 0. The molecule has 2 aromatic rings. The molecule has 1 atom stereocenters. The zero-order valence-electron chi connectivity index (χ0n) is 11.8. The quantitative estimate of drug-likeness (QED) is 0.692. The largest absolute Gasteiger partial charge is 0.326 e. The summed E-state index contributed by atoms with van der Waals surface area (Å²) in [5, 5.41) is 22.2. The lowest BCUT2D eigenvalue weighted by molar-refractivity contribution is -0.384. The Morgan fingerprint density at radius 1 is 1.27 bits per heavy atom. The first-order valence-electron chi connectivity index (χ1n) is 6.56. The molecule has 0 bridgehead atoms. The van der Waals surface area contributed by atoms with Crippen molar-refractivity contribution in [2.75, 3.05) is 5.32 Å². The number of hydrogen-bond acceptors (Lipinski definition) is 4. The van der Waals surface area contributed by atoms with Gasteiger partial charge in [0.2, 0.25) is 5.91 Å². The molecule has 2 rings (SSSR count). The standard InChI is InChI=1S/C16H13N3O3/c1-11(13-5-7-15(8-6-13)19(21)22)16(20)18-14-4-2-3-12(9-14)10-17/h2-9,11H,1H3,(H,18,20)/t11-/m1/s1. The number of nitriles is 1. The van der Waals surface area contributed by atoms with Crippen LogP contribution in [-0.2, 0) is 4.79 Å². The van der Waals surface area contributed by atoms with Crippen molar-refractivity contribution >= 4 is 17.3 Å². The molecule has 0 aromatic heterocycles. The predicted molar refractivity (Wildman–Crippen MR) is 81.3 cm³/mol. The van der Waals surface area contributed by atoms with Crippen molar-refractivity contribution in [1.82, 2.24) is 0 Å². The number of carbonyl (C=O) groups excluding carboxylic acids is 1. The molecule has 0 heterocycles. The fraction of sp³-hybridized carbons (Fsp3) is 0.125. The van der Waals surface area contributed by atoms with Gasteiger partial charge in [0.05, 0.1) is 22.5 Å². The molecular formula is C16H13N3O3. The molecule has 0 aliphatic rings. The zero-order valence-corrected chi connectivity index (χ0v) is 11.8. The van der Waals surface area contributed by atoms with E-state index in [-0.39, 0.29) is 11.6 Å². The van der Waals surface area contributed by atoms with E-state index in [2.05, 4.69) is 5.32 Å². The summed E-state index contributed by atoms with van der Waals surface area (Å²) in [6, 6.07) is 14.5. The molecule has 110 valence electrons. The van der Waals surface area contributed by atoms with Crippen LogP contribution < -0.4 is 5.32 Å². The van der Waals surface area contributed by atoms with Crippen LogP contribution in [0, 0.1) is 21.4 Å². The average molecular weight is 295 g/mol. The van der Waals surface area contributed by atoms with Gasteiger partial charge in [-0.05, 0) is 30.7 Å². The number of carbonyl (C=O) groups is 1. The molecule has 0 radical (unpaired) electrons. The summed E-state index contributed by atoms with van der Waals surface area (Å²) in [5.41, 5.74) is 1.66. The second-order valence-corrected chi connectivity index (χ2v) is 4.75. The third kappa shape index (κ3) is 3.46. The first-order chi connectivity index (χ1) is 10.5. The molecule has 6 nitrogen and oxygen atoms in total. The van der Waals surface area contributed by atoms with Gasteiger partial charge >= 0.3 is 0 Å². The monoisotopic (exact) mass is 295 g/mol. The molecule has 1 N–H and O–H groups in total. The number of benzene rings is 2. The number of amides is 1. The van der Waals surface area contributed by atoms with Crippen LogP contribution in [0.5, 0.6) is 0 Å². The summed E-state index contributed by atoms with van der Waals surface area (Å²) in [6.45, 7) is 1.71. The van der Waals surface area contributed by atoms with Gasteiger partial charge in [0.15, 0.2) is 0 Å². The second-order valence-electron chi connectivity index (χ2n) is 4.75. The van der Waals surface area contributed by atoms with Crippen molar-refractivity contribution in [1.29, 1.82) is 5.26 Å². The first kappa shape index (κ1) is 15.2. The summed E-state index contributed by atoms with van der Waals surface area (Å²) in [4.78, 5) is 22.3. The van der Waals surface area contributed by atoms with Crippen molar-refractivity contribution < 1.29 is 9.72 Å². The minimum atomic E-state index is -0.484. The number of nitro groups is 1. The Morgan fingerprint density at radius 2 is 1.95 bits per heavy atom. The van der Waals surface area contributed by atoms with E-state index in [9.17, 15) is 14.9 Å². The van der Waals surface area contributed by atoms with E-state index in [1.54, 1.807) is 43.3 Å². The number of nitrogens with one attached hydrogen (secondary N) is 1. The van der Waals surface area contributed by atoms with Crippen molar-refractivity contribution in [2.45, 2.75) is 12.8 Å². The Balaban J connectivity index is 2.11. The van der Waals surface area contributed by atoms with Crippen molar-refractivity contribution in [2.24, 2.45) is 0 Å². The first-order valence-corrected chi connectivity index (χ1v) is 6.56. The zero-order chi connectivity index (χ0) is 16.1. The highest BCUT2D eigenvalue weighted by atomic mass is 16.6. The van der Waals surface area contributed by atoms with E-state index in [1.807, 2.05) is 6.07 Å². The number of nitro benzene ring substituents is 1. The van der Waals surface area contributed by atoms with Crippen LogP contribution in [0.25, 0.3) is 0 Å². The molecule has 0 saturated heterocycles. The number of non-ortho nitro benzene ring substituents is 1. The Morgan fingerprint density at radius 3 is 2.55 bits per heavy atom. The Hall–Kier alpha value is -3.20.